The zero-order valence-electron chi connectivity index (χ0n) is 12.4. The van der Waals surface area contributed by atoms with Crippen LogP contribution < -0.4 is 10.1 Å². The highest BCUT2D eigenvalue weighted by Gasteiger charge is 2.11. The van der Waals surface area contributed by atoms with Gasteiger partial charge in [-0.05, 0) is 49.7 Å². The second-order valence-corrected chi connectivity index (χ2v) is 5.55. The SMILES string of the molecule is CC(C)Oc1ccc(CNC(=O)c2cc(Cl)ccc2F)cc1. The average Bonchev–Trinajstić information content (AvgIpc) is 2.48. The second kappa shape index (κ2) is 7.27. The van der Waals surface area contributed by atoms with E-state index in [-0.39, 0.29) is 11.7 Å². The van der Waals surface area contributed by atoms with Gasteiger partial charge in [-0.25, -0.2) is 4.39 Å². The van der Waals surface area contributed by atoms with Crippen LogP contribution in [-0.4, -0.2) is 12.0 Å². The summed E-state index contributed by atoms with van der Waals surface area (Å²) in [7, 11) is 0. The molecule has 116 valence electrons. The molecule has 0 radical (unpaired) electrons. The van der Waals surface area contributed by atoms with E-state index < -0.39 is 11.7 Å². The molecular weight excluding hydrogens is 305 g/mol. The Morgan fingerprint density at radius 1 is 1.23 bits per heavy atom. The largest absolute Gasteiger partial charge is 0.491 e. The Balaban J connectivity index is 1.97. The number of ether oxygens (including phenoxy) is 1. The molecule has 22 heavy (non-hydrogen) atoms. The molecule has 0 aromatic heterocycles. The summed E-state index contributed by atoms with van der Waals surface area (Å²) in [5.41, 5.74) is 0.833. The Kier molecular flexibility index (Phi) is 5.39. The van der Waals surface area contributed by atoms with Gasteiger partial charge in [0.1, 0.15) is 11.6 Å². The number of carbonyl (C=O) groups is 1. The summed E-state index contributed by atoms with van der Waals surface area (Å²) in [6.07, 6.45) is 0.108. The van der Waals surface area contributed by atoms with Gasteiger partial charge in [0.05, 0.1) is 11.7 Å². The summed E-state index contributed by atoms with van der Waals surface area (Å²) in [6, 6.07) is 11.3. The molecule has 0 aliphatic carbocycles. The molecule has 2 aromatic carbocycles. The Hall–Kier alpha value is -2.07. The van der Waals surface area contributed by atoms with Gasteiger partial charge in [-0.1, -0.05) is 23.7 Å². The van der Waals surface area contributed by atoms with Crippen LogP contribution in [-0.2, 0) is 6.54 Å². The molecule has 0 saturated carbocycles. The first-order valence-electron chi connectivity index (χ1n) is 6.94. The number of hydrogen-bond acceptors (Lipinski definition) is 2. The van der Waals surface area contributed by atoms with Crippen LogP contribution in [0.25, 0.3) is 0 Å². The lowest BCUT2D eigenvalue weighted by Gasteiger charge is -2.10. The van der Waals surface area contributed by atoms with E-state index in [0.29, 0.717) is 11.6 Å². The summed E-state index contributed by atoms with van der Waals surface area (Å²) >= 11 is 5.78. The summed E-state index contributed by atoms with van der Waals surface area (Å²) in [5.74, 6) is -0.323. The molecule has 0 atom stereocenters. The molecule has 1 amide bonds. The molecule has 0 saturated heterocycles. The fourth-order valence-electron chi connectivity index (χ4n) is 1.91. The van der Waals surface area contributed by atoms with Gasteiger partial charge in [-0.2, -0.15) is 0 Å². The number of carbonyl (C=O) groups excluding carboxylic acids is 1. The first-order chi connectivity index (χ1) is 10.5. The highest BCUT2D eigenvalue weighted by atomic mass is 35.5. The fourth-order valence-corrected chi connectivity index (χ4v) is 2.08. The Morgan fingerprint density at radius 3 is 2.55 bits per heavy atom. The van der Waals surface area contributed by atoms with Gasteiger partial charge in [0.2, 0.25) is 0 Å². The predicted octanol–water partition coefficient (Wildman–Crippen LogP) is 4.20. The molecule has 5 heteroatoms. The van der Waals surface area contributed by atoms with Crippen LogP contribution in [0.3, 0.4) is 0 Å². The Labute approximate surface area is 134 Å². The van der Waals surface area contributed by atoms with E-state index in [1.54, 1.807) is 0 Å². The van der Waals surface area contributed by atoms with Crippen molar-refractivity contribution < 1.29 is 13.9 Å². The average molecular weight is 322 g/mol. The molecule has 0 spiro atoms. The molecule has 0 bridgehead atoms. The van der Waals surface area contributed by atoms with Gasteiger partial charge in [-0.3, -0.25) is 4.79 Å². The maximum Gasteiger partial charge on any atom is 0.254 e. The molecule has 3 nitrogen and oxygen atoms in total. The van der Waals surface area contributed by atoms with Crippen LogP contribution in [0.15, 0.2) is 42.5 Å². The summed E-state index contributed by atoms with van der Waals surface area (Å²) < 4.78 is 19.1. The predicted molar refractivity (Wildman–Crippen MR) is 84.8 cm³/mol. The number of hydrogen-bond donors (Lipinski definition) is 1. The first kappa shape index (κ1) is 16.3. The summed E-state index contributed by atoms with van der Waals surface area (Å²) in [4.78, 5) is 12.0. The van der Waals surface area contributed by atoms with E-state index in [1.807, 2.05) is 38.1 Å². The van der Waals surface area contributed by atoms with Crippen molar-refractivity contribution in [3.63, 3.8) is 0 Å². The number of rotatable bonds is 5. The van der Waals surface area contributed by atoms with E-state index in [0.717, 1.165) is 11.3 Å². The lowest BCUT2D eigenvalue weighted by molar-refractivity contribution is 0.0947. The van der Waals surface area contributed by atoms with Gasteiger partial charge < -0.3 is 10.1 Å². The third-order valence-electron chi connectivity index (χ3n) is 2.92. The van der Waals surface area contributed by atoms with Gasteiger partial charge in [0.25, 0.3) is 5.91 Å². The molecule has 0 aliphatic rings. The summed E-state index contributed by atoms with van der Waals surface area (Å²) in [5, 5.41) is 2.99. The zero-order valence-corrected chi connectivity index (χ0v) is 13.2. The minimum absolute atomic E-state index is 0.0627. The van der Waals surface area contributed by atoms with Crippen molar-refractivity contribution in [3.05, 3.63) is 64.4 Å². The Bertz CT molecular complexity index is 656. The van der Waals surface area contributed by atoms with E-state index in [9.17, 15) is 9.18 Å². The molecular formula is C17H17ClFNO2. The van der Waals surface area contributed by atoms with Crippen molar-refractivity contribution in [2.45, 2.75) is 26.5 Å². The highest BCUT2D eigenvalue weighted by molar-refractivity contribution is 6.30. The number of halogens is 2. The van der Waals surface area contributed by atoms with Gasteiger partial charge in [-0.15, -0.1) is 0 Å². The van der Waals surface area contributed by atoms with Crippen molar-refractivity contribution in [2.24, 2.45) is 0 Å². The minimum Gasteiger partial charge on any atom is -0.491 e. The second-order valence-electron chi connectivity index (χ2n) is 5.12. The smallest absolute Gasteiger partial charge is 0.254 e. The zero-order chi connectivity index (χ0) is 16.1. The lowest BCUT2D eigenvalue weighted by atomic mass is 10.1. The van der Waals surface area contributed by atoms with E-state index >= 15 is 0 Å². The number of benzene rings is 2. The van der Waals surface area contributed by atoms with E-state index in [4.69, 9.17) is 16.3 Å². The maximum absolute atomic E-state index is 13.6. The molecule has 0 fully saturated rings. The van der Waals surface area contributed by atoms with Crippen LogP contribution in [0.1, 0.15) is 29.8 Å². The Morgan fingerprint density at radius 2 is 1.91 bits per heavy atom. The summed E-state index contributed by atoms with van der Waals surface area (Å²) in [6.45, 7) is 4.20. The molecule has 2 aromatic rings. The standard InChI is InChI=1S/C17H17ClFNO2/c1-11(2)22-14-6-3-12(4-7-14)10-20-17(21)15-9-13(18)5-8-16(15)19/h3-9,11H,10H2,1-2H3,(H,20,21). The van der Waals surface area contributed by atoms with Crippen molar-refractivity contribution in [2.75, 3.05) is 0 Å². The number of amides is 1. The molecule has 2 rings (SSSR count). The topological polar surface area (TPSA) is 38.3 Å². The van der Waals surface area contributed by atoms with Crippen LogP contribution in [0.5, 0.6) is 5.75 Å². The van der Waals surface area contributed by atoms with E-state index in [1.165, 1.54) is 18.2 Å². The van der Waals surface area contributed by atoms with Crippen LogP contribution in [0.4, 0.5) is 4.39 Å². The number of nitrogens with one attached hydrogen (secondary N) is 1. The normalized spacial score (nSPS) is 10.6. The van der Waals surface area contributed by atoms with Gasteiger partial charge in [0, 0.05) is 11.6 Å². The monoisotopic (exact) mass is 321 g/mol. The molecule has 0 heterocycles. The van der Waals surface area contributed by atoms with Crippen LogP contribution in [0.2, 0.25) is 5.02 Å². The third kappa shape index (κ3) is 4.46. The highest BCUT2D eigenvalue weighted by Crippen LogP contribution is 2.16. The van der Waals surface area contributed by atoms with Gasteiger partial charge >= 0.3 is 0 Å². The maximum atomic E-state index is 13.6. The van der Waals surface area contributed by atoms with Gasteiger partial charge in [0.15, 0.2) is 0 Å². The molecule has 1 N–H and O–H groups in total. The molecule has 0 unspecified atom stereocenters. The fraction of sp³-hybridized carbons (Fsp3) is 0.235. The van der Waals surface area contributed by atoms with Crippen molar-refractivity contribution in [1.29, 1.82) is 0 Å². The van der Waals surface area contributed by atoms with Crippen LogP contribution in [0, 0.1) is 5.82 Å². The quantitative estimate of drug-likeness (QED) is 0.896. The van der Waals surface area contributed by atoms with Crippen molar-refractivity contribution >= 4 is 17.5 Å². The molecule has 0 aliphatic heterocycles. The third-order valence-corrected chi connectivity index (χ3v) is 3.16. The van der Waals surface area contributed by atoms with Crippen molar-refractivity contribution in [1.82, 2.24) is 5.32 Å². The van der Waals surface area contributed by atoms with E-state index in [2.05, 4.69) is 5.32 Å². The van der Waals surface area contributed by atoms with Crippen molar-refractivity contribution in [3.8, 4) is 5.75 Å². The lowest BCUT2D eigenvalue weighted by Crippen LogP contribution is -2.23. The first-order valence-corrected chi connectivity index (χ1v) is 7.32. The van der Waals surface area contributed by atoms with Crippen LogP contribution >= 0.6 is 11.6 Å². The minimum atomic E-state index is -0.595.